The van der Waals surface area contributed by atoms with Crippen molar-refractivity contribution in [3.05, 3.63) is 65.1 Å². The number of nitriles is 1. The molecule has 0 aliphatic carbocycles. The summed E-state index contributed by atoms with van der Waals surface area (Å²) in [5.74, 6) is 2.00. The summed E-state index contributed by atoms with van der Waals surface area (Å²) in [6.07, 6.45) is 2.35. The van der Waals surface area contributed by atoms with E-state index < -0.39 is 0 Å². The van der Waals surface area contributed by atoms with Crippen LogP contribution in [0.15, 0.2) is 46.9 Å². The van der Waals surface area contributed by atoms with Crippen molar-refractivity contribution in [1.29, 1.82) is 5.26 Å². The molecule has 0 bridgehead atoms. The second-order valence-electron chi connectivity index (χ2n) is 6.96. The van der Waals surface area contributed by atoms with Crippen LogP contribution in [0, 0.1) is 25.2 Å². The Morgan fingerprint density at radius 3 is 2.54 bits per heavy atom. The van der Waals surface area contributed by atoms with Crippen LogP contribution in [0.1, 0.15) is 35.5 Å². The Morgan fingerprint density at radius 1 is 1.04 bits per heavy atom. The van der Waals surface area contributed by atoms with Gasteiger partial charge in [-0.1, -0.05) is 24.3 Å². The topological polar surface area (TPSA) is 43.4 Å². The Hall–Kier alpha value is -2.77. The van der Waals surface area contributed by atoms with Gasteiger partial charge < -0.3 is 9.43 Å². The zero-order valence-electron chi connectivity index (χ0n) is 15.3. The fraction of sp³-hybridized carbons (Fsp3) is 0.318. The van der Waals surface area contributed by atoms with E-state index in [0.29, 0.717) is 0 Å². The van der Waals surface area contributed by atoms with Gasteiger partial charge in [-0.25, -0.2) is 5.01 Å². The first-order valence-corrected chi connectivity index (χ1v) is 9.17. The lowest BCUT2D eigenvalue weighted by atomic mass is 10.0. The molecule has 2 aromatic carbocycles. The summed E-state index contributed by atoms with van der Waals surface area (Å²) in [4.78, 5) is 0. The third kappa shape index (κ3) is 2.95. The van der Waals surface area contributed by atoms with Gasteiger partial charge >= 0.3 is 0 Å². The molecule has 1 aliphatic rings. The summed E-state index contributed by atoms with van der Waals surface area (Å²) in [6, 6.07) is 16.6. The number of fused-ring (bicyclic) bond motifs is 1. The summed E-state index contributed by atoms with van der Waals surface area (Å²) in [7, 11) is 0. The van der Waals surface area contributed by atoms with Crippen molar-refractivity contribution in [2.75, 3.05) is 18.1 Å². The average molecular weight is 345 g/mol. The number of anilines is 1. The lowest BCUT2D eigenvalue weighted by Gasteiger charge is -2.40. The van der Waals surface area contributed by atoms with Crippen LogP contribution in [-0.4, -0.2) is 18.1 Å². The minimum absolute atomic E-state index is 0.727. The molecule has 2 heterocycles. The lowest BCUT2D eigenvalue weighted by molar-refractivity contribution is 0.189. The number of nitrogens with zero attached hydrogens (tertiary/aromatic N) is 3. The van der Waals surface area contributed by atoms with E-state index in [0.717, 1.165) is 47.5 Å². The van der Waals surface area contributed by atoms with E-state index in [1.807, 2.05) is 31.2 Å². The summed E-state index contributed by atoms with van der Waals surface area (Å²) in [5.41, 5.74) is 3.09. The standard InChI is InChI=1S/C22H23N3O/c1-16-13-19(26-17(16)2)15-24-11-5-6-12-25(24)22-10-9-18(14-23)20-7-3-4-8-21(20)22/h3-4,7-10,13H,5-6,11-12,15H2,1-2H3. The predicted octanol–water partition coefficient (Wildman–Crippen LogP) is 4.94. The van der Waals surface area contributed by atoms with Crippen LogP contribution in [-0.2, 0) is 6.54 Å². The van der Waals surface area contributed by atoms with Gasteiger partial charge in [0.2, 0.25) is 0 Å². The highest BCUT2D eigenvalue weighted by Crippen LogP contribution is 2.32. The summed E-state index contributed by atoms with van der Waals surface area (Å²) < 4.78 is 5.91. The maximum absolute atomic E-state index is 9.43. The number of hydrazine groups is 1. The number of aryl methyl sites for hydroxylation is 2. The summed E-state index contributed by atoms with van der Waals surface area (Å²) in [5, 5.41) is 16.3. The monoisotopic (exact) mass is 345 g/mol. The van der Waals surface area contributed by atoms with Crippen LogP contribution in [0.2, 0.25) is 0 Å². The maximum atomic E-state index is 9.43. The Bertz CT molecular complexity index is 963. The second-order valence-corrected chi connectivity index (χ2v) is 6.96. The Morgan fingerprint density at radius 2 is 1.81 bits per heavy atom. The van der Waals surface area contributed by atoms with Gasteiger partial charge in [-0.3, -0.25) is 0 Å². The van der Waals surface area contributed by atoms with E-state index in [4.69, 9.17) is 4.42 Å². The van der Waals surface area contributed by atoms with E-state index in [2.05, 4.69) is 41.2 Å². The molecule has 0 atom stereocenters. The van der Waals surface area contributed by atoms with Crippen molar-refractivity contribution in [1.82, 2.24) is 5.01 Å². The third-order valence-electron chi connectivity index (χ3n) is 5.23. The van der Waals surface area contributed by atoms with Crippen LogP contribution in [0.3, 0.4) is 0 Å². The van der Waals surface area contributed by atoms with Gasteiger partial charge in [0.25, 0.3) is 0 Å². The van der Waals surface area contributed by atoms with E-state index >= 15 is 0 Å². The molecule has 1 saturated heterocycles. The third-order valence-corrected chi connectivity index (χ3v) is 5.23. The molecular formula is C22H23N3O. The summed E-state index contributed by atoms with van der Waals surface area (Å²) >= 11 is 0. The predicted molar refractivity (Wildman–Crippen MR) is 104 cm³/mol. The molecule has 4 rings (SSSR count). The molecule has 1 fully saturated rings. The van der Waals surface area contributed by atoms with Crippen molar-refractivity contribution in [3.8, 4) is 6.07 Å². The van der Waals surface area contributed by atoms with Crippen LogP contribution in [0.25, 0.3) is 10.8 Å². The van der Waals surface area contributed by atoms with Gasteiger partial charge in [0, 0.05) is 23.9 Å². The fourth-order valence-electron chi connectivity index (χ4n) is 3.77. The normalized spacial score (nSPS) is 15.3. The number of hydrogen-bond acceptors (Lipinski definition) is 4. The largest absolute Gasteiger partial charge is 0.465 e. The highest BCUT2D eigenvalue weighted by molar-refractivity contribution is 5.97. The first-order chi connectivity index (χ1) is 12.7. The Kier molecular flexibility index (Phi) is 4.40. The van der Waals surface area contributed by atoms with Crippen LogP contribution in [0.4, 0.5) is 5.69 Å². The Balaban J connectivity index is 1.73. The second kappa shape index (κ2) is 6.86. The number of hydrogen-bond donors (Lipinski definition) is 0. The van der Waals surface area contributed by atoms with Gasteiger partial charge in [0.05, 0.1) is 23.9 Å². The van der Waals surface area contributed by atoms with Gasteiger partial charge in [0.1, 0.15) is 11.5 Å². The number of benzene rings is 2. The van der Waals surface area contributed by atoms with E-state index in [-0.39, 0.29) is 0 Å². The number of furan rings is 1. The van der Waals surface area contributed by atoms with Crippen LogP contribution < -0.4 is 5.01 Å². The minimum Gasteiger partial charge on any atom is -0.465 e. The van der Waals surface area contributed by atoms with E-state index in [9.17, 15) is 5.26 Å². The van der Waals surface area contributed by atoms with Crippen LogP contribution in [0.5, 0.6) is 0 Å². The van der Waals surface area contributed by atoms with E-state index in [1.54, 1.807) is 0 Å². The van der Waals surface area contributed by atoms with Gasteiger partial charge in [0.15, 0.2) is 0 Å². The first kappa shape index (κ1) is 16.7. The highest BCUT2D eigenvalue weighted by Gasteiger charge is 2.23. The molecular weight excluding hydrogens is 322 g/mol. The van der Waals surface area contributed by atoms with Gasteiger partial charge in [-0.2, -0.15) is 5.26 Å². The highest BCUT2D eigenvalue weighted by atomic mass is 16.3. The molecule has 26 heavy (non-hydrogen) atoms. The quantitative estimate of drug-likeness (QED) is 0.674. The van der Waals surface area contributed by atoms with Crippen molar-refractivity contribution in [2.45, 2.75) is 33.2 Å². The van der Waals surface area contributed by atoms with E-state index in [1.165, 1.54) is 24.1 Å². The molecule has 4 nitrogen and oxygen atoms in total. The van der Waals surface area contributed by atoms with Crippen LogP contribution >= 0.6 is 0 Å². The van der Waals surface area contributed by atoms with Crippen molar-refractivity contribution in [2.24, 2.45) is 0 Å². The molecule has 3 aromatic rings. The minimum atomic E-state index is 0.727. The van der Waals surface area contributed by atoms with Gasteiger partial charge in [-0.15, -0.1) is 0 Å². The summed E-state index contributed by atoms with van der Waals surface area (Å²) in [6.45, 7) is 6.86. The molecule has 1 aliphatic heterocycles. The maximum Gasteiger partial charge on any atom is 0.120 e. The molecule has 4 heteroatoms. The molecule has 0 unspecified atom stereocenters. The van der Waals surface area contributed by atoms with Crippen molar-refractivity contribution < 1.29 is 4.42 Å². The number of rotatable bonds is 3. The zero-order chi connectivity index (χ0) is 18.1. The smallest absolute Gasteiger partial charge is 0.120 e. The zero-order valence-corrected chi connectivity index (χ0v) is 15.3. The van der Waals surface area contributed by atoms with Crippen molar-refractivity contribution in [3.63, 3.8) is 0 Å². The Labute approximate surface area is 154 Å². The average Bonchev–Trinajstić information content (AvgIpc) is 2.98. The molecule has 1 aromatic heterocycles. The SMILES string of the molecule is Cc1cc(CN2CCCCN2c2ccc(C#N)c3ccccc23)oc1C. The van der Waals surface area contributed by atoms with Crippen molar-refractivity contribution >= 4 is 16.5 Å². The lowest BCUT2D eigenvalue weighted by Crippen LogP contribution is -2.47. The fourth-order valence-corrected chi connectivity index (χ4v) is 3.77. The first-order valence-electron chi connectivity index (χ1n) is 9.17. The molecule has 132 valence electrons. The molecule has 0 spiro atoms. The molecule has 0 radical (unpaired) electrons. The molecule has 0 saturated carbocycles. The molecule has 0 N–H and O–H groups in total. The van der Waals surface area contributed by atoms with Gasteiger partial charge in [-0.05, 0) is 50.5 Å². The molecule has 0 amide bonds.